The summed E-state index contributed by atoms with van der Waals surface area (Å²) in [4.78, 5) is 12.6. The van der Waals surface area contributed by atoms with Gasteiger partial charge in [-0.1, -0.05) is 17.7 Å². The van der Waals surface area contributed by atoms with Crippen molar-refractivity contribution in [2.45, 2.75) is 6.42 Å². The number of benzene rings is 2. The first-order chi connectivity index (χ1) is 12.7. The van der Waals surface area contributed by atoms with Crippen LogP contribution in [0.25, 0.3) is 5.69 Å². The number of amides is 1. The summed E-state index contributed by atoms with van der Waals surface area (Å²) in [5.41, 5.74) is 1.71. The van der Waals surface area contributed by atoms with Crippen molar-refractivity contribution in [3.05, 3.63) is 53.3 Å². The van der Waals surface area contributed by atoms with E-state index in [1.54, 1.807) is 30.3 Å². The second-order valence-electron chi connectivity index (χ2n) is 5.59. The van der Waals surface area contributed by atoms with Gasteiger partial charge in [-0.05, 0) is 40.8 Å². The summed E-state index contributed by atoms with van der Waals surface area (Å²) < 4.78 is 12.7. The Labute approximate surface area is 153 Å². The highest BCUT2D eigenvalue weighted by Gasteiger charge is 2.18. The first-order valence-electron chi connectivity index (χ1n) is 7.94. The van der Waals surface area contributed by atoms with Crippen molar-refractivity contribution in [1.29, 1.82) is 0 Å². The van der Waals surface area contributed by atoms with Gasteiger partial charge in [-0.15, -0.1) is 5.10 Å². The Morgan fingerprint density at radius 3 is 2.92 bits per heavy atom. The van der Waals surface area contributed by atoms with Gasteiger partial charge in [0.2, 0.25) is 0 Å². The summed E-state index contributed by atoms with van der Waals surface area (Å²) >= 11 is 6.25. The third-order valence-corrected chi connectivity index (χ3v) is 4.06. The Kier molecular flexibility index (Phi) is 4.40. The summed E-state index contributed by atoms with van der Waals surface area (Å²) in [5.74, 6) is 0.639. The third-order valence-electron chi connectivity index (χ3n) is 3.78. The molecule has 1 aliphatic rings. The number of fused-ring (bicyclic) bond motifs is 1. The average Bonchev–Trinajstić information content (AvgIpc) is 3.07. The number of tetrazole rings is 1. The molecule has 0 saturated carbocycles. The fourth-order valence-corrected chi connectivity index (χ4v) is 2.84. The standard InChI is InChI=1S/C17H14ClN5O3/c18-14-7-11(8-15-16(14)26-6-2-5-25-15)17(24)20-12-3-1-4-13(9-12)23-10-19-21-22-23/h1,3-4,7-10H,2,5-6H2,(H,20,24). The third kappa shape index (κ3) is 3.31. The molecule has 0 bridgehead atoms. The number of rotatable bonds is 3. The highest BCUT2D eigenvalue weighted by molar-refractivity contribution is 6.32. The maximum Gasteiger partial charge on any atom is 0.255 e. The zero-order chi connectivity index (χ0) is 17.9. The predicted octanol–water partition coefficient (Wildman–Crippen LogP) is 2.73. The number of halogens is 1. The largest absolute Gasteiger partial charge is 0.489 e. The lowest BCUT2D eigenvalue weighted by Gasteiger charge is -2.12. The first kappa shape index (κ1) is 16.3. The van der Waals surface area contributed by atoms with Gasteiger partial charge in [0.25, 0.3) is 5.91 Å². The van der Waals surface area contributed by atoms with E-state index in [2.05, 4.69) is 20.8 Å². The number of aromatic nitrogens is 4. The summed E-state index contributed by atoms with van der Waals surface area (Å²) in [6.45, 7) is 1.05. The molecule has 9 heteroatoms. The van der Waals surface area contributed by atoms with E-state index in [4.69, 9.17) is 21.1 Å². The Bertz CT molecular complexity index is 946. The van der Waals surface area contributed by atoms with Crippen molar-refractivity contribution in [2.24, 2.45) is 0 Å². The molecule has 0 aliphatic carbocycles. The molecule has 26 heavy (non-hydrogen) atoms. The Balaban J connectivity index is 1.58. The van der Waals surface area contributed by atoms with Crippen LogP contribution < -0.4 is 14.8 Å². The Morgan fingerprint density at radius 2 is 2.08 bits per heavy atom. The van der Waals surface area contributed by atoms with Gasteiger partial charge in [-0.2, -0.15) is 0 Å². The highest BCUT2D eigenvalue weighted by Crippen LogP contribution is 2.38. The van der Waals surface area contributed by atoms with Crippen LogP contribution in [0.3, 0.4) is 0 Å². The van der Waals surface area contributed by atoms with Crippen LogP contribution in [0.5, 0.6) is 11.5 Å². The molecular formula is C17H14ClN5O3. The van der Waals surface area contributed by atoms with Crippen LogP contribution >= 0.6 is 11.6 Å². The molecule has 1 amide bonds. The molecule has 0 fully saturated rings. The summed E-state index contributed by atoms with van der Waals surface area (Å²) in [5, 5.41) is 14.2. The van der Waals surface area contributed by atoms with E-state index in [9.17, 15) is 4.79 Å². The molecule has 0 spiro atoms. The molecule has 4 rings (SSSR count). The molecule has 8 nitrogen and oxygen atoms in total. The molecule has 1 N–H and O–H groups in total. The van der Waals surface area contributed by atoms with Crippen LogP contribution in [0.2, 0.25) is 5.02 Å². The van der Waals surface area contributed by atoms with Gasteiger partial charge in [-0.3, -0.25) is 4.79 Å². The Morgan fingerprint density at radius 1 is 1.19 bits per heavy atom. The van der Waals surface area contributed by atoms with Gasteiger partial charge >= 0.3 is 0 Å². The van der Waals surface area contributed by atoms with E-state index in [0.717, 1.165) is 12.1 Å². The minimum Gasteiger partial charge on any atom is -0.489 e. The Hall–Kier alpha value is -3.13. The van der Waals surface area contributed by atoms with E-state index < -0.39 is 0 Å². The lowest BCUT2D eigenvalue weighted by Crippen LogP contribution is -2.12. The normalized spacial score (nSPS) is 13.1. The second kappa shape index (κ2) is 7.01. The predicted molar refractivity (Wildman–Crippen MR) is 94.2 cm³/mol. The average molecular weight is 372 g/mol. The van der Waals surface area contributed by atoms with Crippen molar-refractivity contribution in [1.82, 2.24) is 20.2 Å². The van der Waals surface area contributed by atoms with E-state index in [1.807, 2.05) is 6.07 Å². The minimum atomic E-state index is -0.309. The fourth-order valence-electron chi connectivity index (χ4n) is 2.57. The van der Waals surface area contributed by atoms with Gasteiger partial charge in [0, 0.05) is 17.7 Å². The molecule has 2 heterocycles. The van der Waals surface area contributed by atoms with E-state index in [-0.39, 0.29) is 5.91 Å². The molecule has 1 aliphatic heterocycles. The topological polar surface area (TPSA) is 91.2 Å². The van der Waals surface area contributed by atoms with Crippen molar-refractivity contribution >= 4 is 23.2 Å². The van der Waals surface area contributed by atoms with Crippen molar-refractivity contribution in [2.75, 3.05) is 18.5 Å². The fraction of sp³-hybridized carbons (Fsp3) is 0.176. The van der Waals surface area contributed by atoms with Gasteiger partial charge in [0.1, 0.15) is 6.33 Å². The number of anilines is 1. The minimum absolute atomic E-state index is 0.309. The van der Waals surface area contributed by atoms with Crippen molar-refractivity contribution in [3.63, 3.8) is 0 Å². The molecule has 132 valence electrons. The molecule has 0 atom stereocenters. The molecule has 0 radical (unpaired) electrons. The highest BCUT2D eigenvalue weighted by atomic mass is 35.5. The number of hydrogen-bond acceptors (Lipinski definition) is 6. The SMILES string of the molecule is O=C(Nc1cccc(-n2cnnn2)c1)c1cc(Cl)c2c(c1)OCCCO2. The van der Waals surface area contributed by atoms with Crippen LogP contribution in [-0.4, -0.2) is 39.3 Å². The summed E-state index contributed by atoms with van der Waals surface area (Å²) in [6.07, 6.45) is 2.24. The first-order valence-corrected chi connectivity index (χ1v) is 8.32. The quantitative estimate of drug-likeness (QED) is 0.761. The van der Waals surface area contributed by atoms with Crippen LogP contribution in [0, 0.1) is 0 Å². The van der Waals surface area contributed by atoms with Crippen LogP contribution in [0.15, 0.2) is 42.7 Å². The number of carbonyl (C=O) groups is 1. The molecule has 3 aromatic rings. The number of ether oxygens (including phenoxy) is 2. The summed E-state index contributed by atoms with van der Waals surface area (Å²) in [7, 11) is 0. The van der Waals surface area contributed by atoms with Gasteiger partial charge in [0.05, 0.1) is 23.9 Å². The van der Waals surface area contributed by atoms with Gasteiger partial charge in [-0.25, -0.2) is 4.68 Å². The maximum absolute atomic E-state index is 12.6. The molecular weight excluding hydrogens is 358 g/mol. The number of hydrogen-bond donors (Lipinski definition) is 1. The monoisotopic (exact) mass is 371 g/mol. The summed E-state index contributed by atoms with van der Waals surface area (Å²) in [6, 6.07) is 10.4. The second-order valence-corrected chi connectivity index (χ2v) is 6.00. The lowest BCUT2D eigenvalue weighted by molar-refractivity contribution is 0.102. The lowest BCUT2D eigenvalue weighted by atomic mass is 10.1. The molecule has 2 aromatic carbocycles. The number of nitrogens with zero attached hydrogens (tertiary/aromatic N) is 4. The molecule has 1 aromatic heterocycles. The van der Waals surface area contributed by atoms with Crippen LogP contribution in [0.4, 0.5) is 5.69 Å². The van der Waals surface area contributed by atoms with Crippen molar-refractivity contribution < 1.29 is 14.3 Å². The van der Waals surface area contributed by atoms with E-state index in [0.29, 0.717) is 41.0 Å². The van der Waals surface area contributed by atoms with Crippen LogP contribution in [0.1, 0.15) is 16.8 Å². The van der Waals surface area contributed by atoms with E-state index in [1.165, 1.54) is 11.0 Å². The van der Waals surface area contributed by atoms with Crippen molar-refractivity contribution in [3.8, 4) is 17.2 Å². The zero-order valence-corrected chi connectivity index (χ0v) is 14.3. The molecule has 0 unspecified atom stereocenters. The smallest absolute Gasteiger partial charge is 0.255 e. The van der Waals surface area contributed by atoms with Gasteiger partial charge < -0.3 is 14.8 Å². The number of nitrogens with one attached hydrogen (secondary N) is 1. The van der Waals surface area contributed by atoms with E-state index >= 15 is 0 Å². The maximum atomic E-state index is 12.6. The van der Waals surface area contributed by atoms with Gasteiger partial charge in [0.15, 0.2) is 11.5 Å². The zero-order valence-electron chi connectivity index (χ0n) is 13.6. The number of carbonyl (C=O) groups excluding carboxylic acids is 1. The van der Waals surface area contributed by atoms with Crippen LogP contribution in [-0.2, 0) is 0 Å². The molecule has 0 saturated heterocycles.